The topological polar surface area (TPSA) is 68.0 Å². The summed E-state index contributed by atoms with van der Waals surface area (Å²) in [6.45, 7) is 1.49. The van der Waals surface area contributed by atoms with Gasteiger partial charge >= 0.3 is 0 Å². The SMILES string of the molecule is CC(=O)c1ccc2nc(-c3ccncc3)n(O)c2c1. The highest BCUT2D eigenvalue weighted by Crippen LogP contribution is 2.23. The highest BCUT2D eigenvalue weighted by atomic mass is 16.5. The number of hydrogen-bond donors (Lipinski definition) is 1. The van der Waals surface area contributed by atoms with Gasteiger partial charge in [-0.3, -0.25) is 9.78 Å². The van der Waals surface area contributed by atoms with Gasteiger partial charge in [-0.05, 0) is 37.3 Å². The zero-order valence-electron chi connectivity index (χ0n) is 10.2. The second-order valence-corrected chi connectivity index (χ2v) is 4.24. The monoisotopic (exact) mass is 253 g/mol. The average molecular weight is 253 g/mol. The molecule has 3 aromatic rings. The van der Waals surface area contributed by atoms with Crippen molar-refractivity contribution in [3.63, 3.8) is 0 Å². The van der Waals surface area contributed by atoms with E-state index in [0.29, 0.717) is 22.4 Å². The van der Waals surface area contributed by atoms with Crippen molar-refractivity contribution < 1.29 is 10.0 Å². The van der Waals surface area contributed by atoms with E-state index in [1.807, 2.05) is 0 Å². The number of Topliss-reactive ketones (excluding diaryl/α,β-unsaturated/α-hetero) is 1. The summed E-state index contributed by atoms with van der Waals surface area (Å²) < 4.78 is 0.997. The van der Waals surface area contributed by atoms with E-state index < -0.39 is 0 Å². The molecule has 0 radical (unpaired) electrons. The minimum absolute atomic E-state index is 0.0476. The number of imidazole rings is 1. The van der Waals surface area contributed by atoms with E-state index in [9.17, 15) is 10.0 Å². The molecule has 0 fully saturated rings. The maximum atomic E-state index is 11.4. The number of hydrogen-bond acceptors (Lipinski definition) is 4. The van der Waals surface area contributed by atoms with Gasteiger partial charge in [0.15, 0.2) is 11.6 Å². The molecule has 0 saturated heterocycles. The molecule has 5 heteroatoms. The van der Waals surface area contributed by atoms with Gasteiger partial charge in [-0.2, -0.15) is 4.73 Å². The van der Waals surface area contributed by atoms with Gasteiger partial charge in [0.2, 0.25) is 0 Å². The fourth-order valence-corrected chi connectivity index (χ4v) is 1.97. The predicted molar refractivity (Wildman–Crippen MR) is 70.2 cm³/mol. The van der Waals surface area contributed by atoms with Crippen LogP contribution in [0.4, 0.5) is 0 Å². The molecule has 0 aliphatic heterocycles. The number of fused-ring (bicyclic) bond motifs is 1. The molecule has 1 N–H and O–H groups in total. The van der Waals surface area contributed by atoms with Crippen LogP contribution in [0.25, 0.3) is 22.4 Å². The molecule has 0 bridgehead atoms. The normalized spacial score (nSPS) is 10.8. The molecular formula is C14H11N3O2. The quantitative estimate of drug-likeness (QED) is 0.563. The van der Waals surface area contributed by atoms with Crippen LogP contribution in [0.2, 0.25) is 0 Å². The molecule has 5 nitrogen and oxygen atoms in total. The van der Waals surface area contributed by atoms with Gasteiger partial charge in [-0.1, -0.05) is 0 Å². The molecule has 0 aliphatic rings. The number of pyridine rings is 1. The Morgan fingerprint density at radius 2 is 1.95 bits per heavy atom. The molecule has 0 aliphatic carbocycles. The molecule has 0 spiro atoms. The van der Waals surface area contributed by atoms with Gasteiger partial charge in [0.1, 0.15) is 5.52 Å². The lowest BCUT2D eigenvalue weighted by Gasteiger charge is -2.00. The summed E-state index contributed by atoms with van der Waals surface area (Å²) in [5.41, 5.74) is 2.46. The molecule has 0 saturated carbocycles. The van der Waals surface area contributed by atoms with Gasteiger partial charge < -0.3 is 5.21 Å². The Hall–Kier alpha value is -2.69. The summed E-state index contributed by atoms with van der Waals surface area (Å²) in [6.07, 6.45) is 3.27. The van der Waals surface area contributed by atoms with Crippen molar-refractivity contribution in [1.29, 1.82) is 0 Å². The van der Waals surface area contributed by atoms with Crippen LogP contribution in [0.5, 0.6) is 0 Å². The third-order valence-electron chi connectivity index (χ3n) is 2.98. The van der Waals surface area contributed by atoms with Crippen molar-refractivity contribution >= 4 is 16.8 Å². The summed E-state index contributed by atoms with van der Waals surface area (Å²) >= 11 is 0. The lowest BCUT2D eigenvalue weighted by Crippen LogP contribution is -1.96. The van der Waals surface area contributed by atoms with E-state index in [1.54, 1.807) is 42.7 Å². The molecule has 0 unspecified atom stereocenters. The number of benzene rings is 1. The van der Waals surface area contributed by atoms with Gasteiger partial charge in [-0.15, -0.1) is 0 Å². The zero-order valence-corrected chi connectivity index (χ0v) is 10.2. The fraction of sp³-hybridized carbons (Fsp3) is 0.0714. The maximum absolute atomic E-state index is 11.4. The summed E-state index contributed by atoms with van der Waals surface area (Å²) in [4.78, 5) is 19.6. The molecule has 1 aromatic carbocycles. The van der Waals surface area contributed by atoms with Gasteiger partial charge in [0, 0.05) is 23.5 Å². The molecule has 0 atom stereocenters. The third kappa shape index (κ3) is 1.85. The maximum Gasteiger partial charge on any atom is 0.176 e. The first-order valence-corrected chi connectivity index (χ1v) is 5.80. The van der Waals surface area contributed by atoms with E-state index in [1.165, 1.54) is 6.92 Å². The van der Waals surface area contributed by atoms with Crippen LogP contribution < -0.4 is 0 Å². The Labute approximate surface area is 109 Å². The number of rotatable bonds is 2. The lowest BCUT2D eigenvalue weighted by atomic mass is 10.1. The summed E-state index contributed by atoms with van der Waals surface area (Å²) in [7, 11) is 0. The van der Waals surface area contributed by atoms with Crippen LogP contribution >= 0.6 is 0 Å². The first kappa shape index (κ1) is 11.4. The molecule has 2 aromatic heterocycles. The summed E-state index contributed by atoms with van der Waals surface area (Å²) in [5.74, 6) is 0.381. The third-order valence-corrected chi connectivity index (χ3v) is 2.98. The second kappa shape index (κ2) is 4.20. The smallest absolute Gasteiger partial charge is 0.176 e. The standard InChI is InChI=1S/C14H11N3O2/c1-9(18)11-2-3-12-13(8-11)17(19)14(16-12)10-4-6-15-7-5-10/h2-8,19H,1H3. The zero-order chi connectivity index (χ0) is 13.4. The number of carbonyl (C=O) groups excluding carboxylic acids is 1. The Kier molecular flexibility index (Phi) is 2.52. The Balaban J connectivity index is 2.24. The van der Waals surface area contributed by atoms with Gasteiger partial charge in [0.25, 0.3) is 0 Å². The summed E-state index contributed by atoms with van der Waals surface area (Å²) in [5, 5.41) is 10.2. The Morgan fingerprint density at radius 1 is 1.21 bits per heavy atom. The van der Waals surface area contributed by atoms with Gasteiger partial charge in [0.05, 0.1) is 5.52 Å². The Morgan fingerprint density at radius 3 is 2.63 bits per heavy atom. The molecule has 3 rings (SSSR count). The van der Waals surface area contributed by atoms with E-state index in [4.69, 9.17) is 0 Å². The largest absolute Gasteiger partial charge is 0.426 e. The Bertz CT molecular complexity index is 763. The number of nitrogens with zero attached hydrogens (tertiary/aromatic N) is 3. The average Bonchev–Trinajstić information content (AvgIpc) is 2.77. The van der Waals surface area contributed by atoms with E-state index >= 15 is 0 Å². The molecular weight excluding hydrogens is 242 g/mol. The minimum Gasteiger partial charge on any atom is -0.426 e. The van der Waals surface area contributed by atoms with Crippen LogP contribution in [0.15, 0.2) is 42.7 Å². The predicted octanol–water partition coefficient (Wildman–Crippen LogP) is 2.54. The number of carbonyl (C=O) groups is 1. The molecule has 2 heterocycles. The van der Waals surface area contributed by atoms with Crippen molar-refractivity contribution in [2.24, 2.45) is 0 Å². The van der Waals surface area contributed by atoms with Crippen LogP contribution in [-0.2, 0) is 0 Å². The minimum atomic E-state index is -0.0476. The summed E-state index contributed by atoms with van der Waals surface area (Å²) in [6, 6.07) is 8.59. The van der Waals surface area contributed by atoms with Crippen LogP contribution in [0, 0.1) is 0 Å². The number of aromatic nitrogens is 3. The van der Waals surface area contributed by atoms with Crippen molar-refractivity contribution in [2.75, 3.05) is 0 Å². The van der Waals surface area contributed by atoms with Crippen molar-refractivity contribution in [3.8, 4) is 11.4 Å². The van der Waals surface area contributed by atoms with Gasteiger partial charge in [-0.25, -0.2) is 4.98 Å². The van der Waals surface area contributed by atoms with Crippen molar-refractivity contribution in [2.45, 2.75) is 6.92 Å². The molecule has 94 valence electrons. The molecule has 19 heavy (non-hydrogen) atoms. The van der Waals surface area contributed by atoms with E-state index in [2.05, 4.69) is 9.97 Å². The first-order valence-electron chi connectivity index (χ1n) is 5.80. The van der Waals surface area contributed by atoms with Crippen molar-refractivity contribution in [1.82, 2.24) is 14.7 Å². The second-order valence-electron chi connectivity index (χ2n) is 4.24. The highest BCUT2D eigenvalue weighted by molar-refractivity contribution is 5.97. The highest BCUT2D eigenvalue weighted by Gasteiger charge is 2.13. The van der Waals surface area contributed by atoms with E-state index in [0.717, 1.165) is 10.3 Å². The van der Waals surface area contributed by atoms with Crippen LogP contribution in [0.1, 0.15) is 17.3 Å². The van der Waals surface area contributed by atoms with Crippen LogP contribution in [-0.4, -0.2) is 25.7 Å². The fourth-order valence-electron chi connectivity index (χ4n) is 1.97. The number of ketones is 1. The first-order chi connectivity index (χ1) is 9.16. The van der Waals surface area contributed by atoms with Crippen LogP contribution in [0.3, 0.4) is 0 Å². The van der Waals surface area contributed by atoms with Crippen molar-refractivity contribution in [3.05, 3.63) is 48.3 Å². The lowest BCUT2D eigenvalue weighted by molar-refractivity contribution is 0.101. The van der Waals surface area contributed by atoms with E-state index in [-0.39, 0.29) is 5.78 Å². The molecule has 0 amide bonds.